The molecule has 0 unspecified atom stereocenters. The van der Waals surface area contributed by atoms with Gasteiger partial charge >= 0.3 is 0 Å². The van der Waals surface area contributed by atoms with Gasteiger partial charge in [0.15, 0.2) is 6.61 Å². The lowest BCUT2D eigenvalue weighted by Gasteiger charge is -2.20. The summed E-state index contributed by atoms with van der Waals surface area (Å²) in [5.41, 5.74) is 1.12. The summed E-state index contributed by atoms with van der Waals surface area (Å²) < 4.78 is 5.32. The number of hydrogen-bond donors (Lipinski definition) is 3. The van der Waals surface area contributed by atoms with E-state index in [1.807, 2.05) is 20.8 Å². The number of amides is 2. The number of benzene rings is 1. The summed E-state index contributed by atoms with van der Waals surface area (Å²) in [5.74, 6) is 0.575. The van der Waals surface area contributed by atoms with Gasteiger partial charge in [-0.2, -0.15) is 0 Å². The number of carbonyl (C=O) groups is 2. The van der Waals surface area contributed by atoms with Gasteiger partial charge in [-0.1, -0.05) is 25.4 Å². The number of ether oxygens (including phenoxy) is 1. The normalized spacial score (nSPS) is 14.7. The number of nitrogens with one attached hydrogen (secondary N) is 3. The van der Waals surface area contributed by atoms with Gasteiger partial charge in [0, 0.05) is 12.1 Å². The lowest BCUT2D eigenvalue weighted by molar-refractivity contribution is -0.120. The number of fused-ring (bicyclic) bond motifs is 1. The predicted octanol–water partition coefficient (Wildman–Crippen LogP) is 2.24. The molecule has 1 aromatic carbocycles. The van der Waals surface area contributed by atoms with Crippen molar-refractivity contribution in [1.82, 2.24) is 5.32 Å². The van der Waals surface area contributed by atoms with E-state index in [4.69, 9.17) is 16.3 Å². The molecule has 0 spiro atoms. The summed E-state index contributed by atoms with van der Waals surface area (Å²) >= 11 is 6.15. The van der Waals surface area contributed by atoms with Crippen molar-refractivity contribution in [3.8, 4) is 5.75 Å². The molecule has 6 nitrogen and oxygen atoms in total. The molecule has 2 rings (SSSR count). The number of halogens is 1. The minimum atomic E-state index is -0.216. The van der Waals surface area contributed by atoms with Gasteiger partial charge in [-0.3, -0.25) is 9.59 Å². The number of rotatable bonds is 5. The van der Waals surface area contributed by atoms with Crippen LogP contribution < -0.4 is 20.7 Å². The second kappa shape index (κ2) is 6.87. The van der Waals surface area contributed by atoms with Crippen LogP contribution in [0.15, 0.2) is 12.1 Å². The molecule has 7 heteroatoms. The molecule has 0 aliphatic carbocycles. The van der Waals surface area contributed by atoms with Gasteiger partial charge in [0.05, 0.1) is 22.9 Å². The fraction of sp³-hybridized carbons (Fsp3) is 0.467. The van der Waals surface area contributed by atoms with Crippen molar-refractivity contribution in [1.29, 1.82) is 0 Å². The van der Waals surface area contributed by atoms with Crippen molar-refractivity contribution in [3.63, 3.8) is 0 Å². The zero-order chi connectivity index (χ0) is 16.3. The van der Waals surface area contributed by atoms with Gasteiger partial charge in [0.1, 0.15) is 5.75 Å². The molecule has 0 saturated carbocycles. The second-order valence-electron chi connectivity index (χ2n) is 5.62. The molecule has 1 heterocycles. The molecule has 3 N–H and O–H groups in total. The Morgan fingerprint density at radius 3 is 2.82 bits per heavy atom. The van der Waals surface area contributed by atoms with E-state index >= 15 is 0 Å². The quantitative estimate of drug-likeness (QED) is 0.775. The smallest absolute Gasteiger partial charge is 0.262 e. The standard InChI is InChI=1S/C15H20ClN3O3/c1-8(2)9(3)18-14(20)6-17-11-5-13-12(4-10(11)16)19-15(21)7-22-13/h4-5,8-9,17H,6-7H2,1-3H3,(H,18,20)(H,19,21)/t9-/m0/s1. The second-order valence-corrected chi connectivity index (χ2v) is 6.03. The molecular weight excluding hydrogens is 306 g/mol. The molecule has 2 amide bonds. The van der Waals surface area contributed by atoms with Crippen LogP contribution in [0.25, 0.3) is 0 Å². The van der Waals surface area contributed by atoms with Crippen LogP contribution in [-0.4, -0.2) is 31.0 Å². The van der Waals surface area contributed by atoms with Crippen LogP contribution in [0.2, 0.25) is 5.02 Å². The fourth-order valence-electron chi connectivity index (χ4n) is 1.88. The van der Waals surface area contributed by atoms with Crippen LogP contribution in [-0.2, 0) is 9.59 Å². The average molecular weight is 326 g/mol. The molecule has 1 aromatic rings. The highest BCUT2D eigenvalue weighted by Gasteiger charge is 2.18. The van der Waals surface area contributed by atoms with Gasteiger partial charge < -0.3 is 20.7 Å². The molecular formula is C15H20ClN3O3. The third-order valence-corrected chi connectivity index (χ3v) is 3.84. The summed E-state index contributed by atoms with van der Waals surface area (Å²) in [7, 11) is 0. The Balaban J connectivity index is 1.99. The lowest BCUT2D eigenvalue weighted by Crippen LogP contribution is -2.39. The minimum Gasteiger partial charge on any atom is -0.482 e. The van der Waals surface area contributed by atoms with Crippen LogP contribution in [0.1, 0.15) is 20.8 Å². The Morgan fingerprint density at radius 2 is 2.14 bits per heavy atom. The molecule has 0 aromatic heterocycles. The van der Waals surface area contributed by atoms with E-state index in [2.05, 4.69) is 16.0 Å². The highest BCUT2D eigenvalue weighted by atomic mass is 35.5. The van der Waals surface area contributed by atoms with E-state index < -0.39 is 0 Å². The first-order valence-electron chi connectivity index (χ1n) is 7.16. The third-order valence-electron chi connectivity index (χ3n) is 3.53. The maximum atomic E-state index is 11.9. The van der Waals surface area contributed by atoms with Crippen LogP contribution in [0.5, 0.6) is 5.75 Å². The number of anilines is 2. The van der Waals surface area contributed by atoms with Crippen molar-refractivity contribution in [2.45, 2.75) is 26.8 Å². The van der Waals surface area contributed by atoms with Gasteiger partial charge in [-0.15, -0.1) is 0 Å². The van der Waals surface area contributed by atoms with Crippen molar-refractivity contribution >= 4 is 34.8 Å². The van der Waals surface area contributed by atoms with Crippen molar-refractivity contribution in [2.24, 2.45) is 5.92 Å². The first kappa shape index (κ1) is 16.4. The molecule has 22 heavy (non-hydrogen) atoms. The van der Waals surface area contributed by atoms with Crippen LogP contribution in [0, 0.1) is 5.92 Å². The molecule has 120 valence electrons. The summed E-state index contributed by atoms with van der Waals surface area (Å²) in [6, 6.07) is 3.38. The van der Waals surface area contributed by atoms with Crippen molar-refractivity contribution in [2.75, 3.05) is 23.8 Å². The van der Waals surface area contributed by atoms with E-state index in [9.17, 15) is 9.59 Å². The van der Waals surface area contributed by atoms with Gasteiger partial charge in [0.2, 0.25) is 5.91 Å². The summed E-state index contributed by atoms with van der Waals surface area (Å²) in [4.78, 5) is 23.1. The van der Waals surface area contributed by atoms with Crippen LogP contribution in [0.4, 0.5) is 11.4 Å². The van der Waals surface area contributed by atoms with Crippen molar-refractivity contribution in [3.05, 3.63) is 17.2 Å². The molecule has 0 bridgehead atoms. The van der Waals surface area contributed by atoms with E-state index in [0.717, 1.165) is 0 Å². The first-order chi connectivity index (χ1) is 10.4. The zero-order valence-electron chi connectivity index (χ0n) is 12.8. The molecule has 0 radical (unpaired) electrons. The molecule has 1 aliphatic heterocycles. The van der Waals surface area contributed by atoms with E-state index in [0.29, 0.717) is 28.1 Å². The minimum absolute atomic E-state index is 0.0273. The highest BCUT2D eigenvalue weighted by Crippen LogP contribution is 2.36. The topological polar surface area (TPSA) is 79.5 Å². The number of hydrogen-bond acceptors (Lipinski definition) is 4. The van der Waals surface area contributed by atoms with Crippen molar-refractivity contribution < 1.29 is 14.3 Å². The molecule has 0 saturated heterocycles. The average Bonchev–Trinajstić information content (AvgIpc) is 2.44. The summed E-state index contributed by atoms with van der Waals surface area (Å²) in [5, 5.41) is 8.97. The molecule has 1 aliphatic rings. The van der Waals surface area contributed by atoms with E-state index in [1.54, 1.807) is 12.1 Å². The Bertz CT molecular complexity index is 590. The first-order valence-corrected chi connectivity index (χ1v) is 7.54. The van der Waals surface area contributed by atoms with Crippen LogP contribution in [0.3, 0.4) is 0 Å². The molecule has 0 fully saturated rings. The number of carbonyl (C=O) groups excluding carboxylic acids is 2. The fourth-order valence-corrected chi connectivity index (χ4v) is 2.11. The summed E-state index contributed by atoms with van der Waals surface area (Å²) in [6.07, 6.45) is 0. The lowest BCUT2D eigenvalue weighted by atomic mass is 10.1. The van der Waals surface area contributed by atoms with Gasteiger partial charge in [0.25, 0.3) is 5.91 Å². The maximum absolute atomic E-state index is 11.9. The van der Waals surface area contributed by atoms with Gasteiger partial charge in [-0.25, -0.2) is 0 Å². The Labute approximate surface area is 134 Å². The SMILES string of the molecule is CC(C)[C@H](C)NC(=O)CNc1cc2c(cc1Cl)NC(=O)CO2. The highest BCUT2D eigenvalue weighted by molar-refractivity contribution is 6.33. The Kier molecular flexibility index (Phi) is 5.13. The van der Waals surface area contributed by atoms with Gasteiger partial charge in [-0.05, 0) is 18.9 Å². The molecule has 1 atom stereocenters. The van der Waals surface area contributed by atoms with E-state index in [1.165, 1.54) is 0 Å². The summed E-state index contributed by atoms with van der Waals surface area (Å²) in [6.45, 7) is 6.14. The third kappa shape index (κ3) is 4.04. The Morgan fingerprint density at radius 1 is 1.41 bits per heavy atom. The predicted molar refractivity (Wildman–Crippen MR) is 86.5 cm³/mol. The van der Waals surface area contributed by atoms with E-state index in [-0.39, 0.29) is 31.0 Å². The Hall–Kier alpha value is -1.95. The van der Waals surface area contributed by atoms with Crippen LogP contribution >= 0.6 is 11.6 Å². The largest absolute Gasteiger partial charge is 0.482 e. The zero-order valence-corrected chi connectivity index (χ0v) is 13.6. The maximum Gasteiger partial charge on any atom is 0.262 e. The monoisotopic (exact) mass is 325 g/mol.